The molecule has 0 spiro atoms. The Morgan fingerprint density at radius 3 is 2.41 bits per heavy atom. The summed E-state index contributed by atoms with van der Waals surface area (Å²) in [6, 6.07) is 18.3. The summed E-state index contributed by atoms with van der Waals surface area (Å²) in [4.78, 5) is 36.5. The van der Waals surface area contributed by atoms with Crippen molar-refractivity contribution in [1.29, 1.82) is 0 Å². The van der Waals surface area contributed by atoms with Crippen LogP contribution in [0.3, 0.4) is 0 Å². The molecule has 0 aliphatic carbocycles. The van der Waals surface area contributed by atoms with E-state index in [4.69, 9.17) is 32.7 Å². The average Bonchev–Trinajstić information content (AvgIpc) is 2.90. The number of hydrogen-bond donors (Lipinski definition) is 3. The first-order valence-corrected chi connectivity index (χ1v) is 12.0. The molecule has 0 radical (unpaired) electrons. The van der Waals surface area contributed by atoms with Crippen molar-refractivity contribution in [1.82, 2.24) is 5.43 Å². The van der Waals surface area contributed by atoms with Crippen LogP contribution in [-0.4, -0.2) is 37.1 Å². The van der Waals surface area contributed by atoms with Crippen molar-refractivity contribution < 1.29 is 23.9 Å². The van der Waals surface area contributed by atoms with E-state index >= 15 is 0 Å². The molecule has 0 saturated heterocycles. The van der Waals surface area contributed by atoms with Crippen molar-refractivity contribution in [3.8, 4) is 11.5 Å². The molecule has 3 aromatic rings. The number of amides is 3. The van der Waals surface area contributed by atoms with Gasteiger partial charge in [-0.05, 0) is 55.0 Å². The average molecular weight is 543 g/mol. The minimum Gasteiger partial charge on any atom is -0.494 e. The van der Waals surface area contributed by atoms with E-state index in [0.717, 1.165) is 6.42 Å². The van der Waals surface area contributed by atoms with E-state index in [1.165, 1.54) is 6.21 Å². The van der Waals surface area contributed by atoms with Crippen LogP contribution in [0.15, 0.2) is 71.8 Å². The summed E-state index contributed by atoms with van der Waals surface area (Å²) in [5.41, 5.74) is 3.43. The second kappa shape index (κ2) is 13.9. The van der Waals surface area contributed by atoms with Crippen molar-refractivity contribution in [3.63, 3.8) is 0 Å². The molecule has 0 bridgehead atoms. The molecular weight excluding hydrogens is 519 g/mol. The predicted molar refractivity (Wildman–Crippen MR) is 144 cm³/mol. The highest BCUT2D eigenvalue weighted by atomic mass is 35.5. The standard InChI is InChI=1S/C26H24Cl2N4O5/c1-2-14-36-19-12-10-18(11-13-19)30-25(34)26(35)32-29-15-17-6-3-4-9-22(17)37-16-23(33)31-21-8-5-7-20(27)24(21)28/h3-13,15H,2,14,16H2,1H3,(H,30,34)(H,31,33)(H,32,35)/b29-15-. The van der Waals surface area contributed by atoms with E-state index in [0.29, 0.717) is 40.1 Å². The minimum absolute atomic E-state index is 0.225. The van der Waals surface area contributed by atoms with Gasteiger partial charge in [-0.25, -0.2) is 5.43 Å². The quantitative estimate of drug-likeness (QED) is 0.191. The van der Waals surface area contributed by atoms with Crippen molar-refractivity contribution in [2.45, 2.75) is 13.3 Å². The summed E-state index contributed by atoms with van der Waals surface area (Å²) < 4.78 is 11.1. The van der Waals surface area contributed by atoms with Gasteiger partial charge in [0.1, 0.15) is 11.5 Å². The van der Waals surface area contributed by atoms with Gasteiger partial charge in [-0.15, -0.1) is 0 Å². The van der Waals surface area contributed by atoms with Gasteiger partial charge in [0, 0.05) is 11.3 Å². The topological polar surface area (TPSA) is 118 Å². The molecule has 9 nitrogen and oxygen atoms in total. The van der Waals surface area contributed by atoms with Crippen LogP contribution >= 0.6 is 23.2 Å². The van der Waals surface area contributed by atoms with Crippen LogP contribution in [0.5, 0.6) is 11.5 Å². The summed E-state index contributed by atoms with van der Waals surface area (Å²) in [6.45, 7) is 2.27. The lowest BCUT2D eigenvalue weighted by molar-refractivity contribution is -0.136. The Morgan fingerprint density at radius 2 is 1.65 bits per heavy atom. The zero-order chi connectivity index (χ0) is 26.6. The maximum atomic E-state index is 12.3. The summed E-state index contributed by atoms with van der Waals surface area (Å²) in [7, 11) is 0. The Kier molecular flexibility index (Phi) is 10.3. The van der Waals surface area contributed by atoms with Crippen molar-refractivity contribution in [3.05, 3.63) is 82.3 Å². The largest absolute Gasteiger partial charge is 0.494 e. The lowest BCUT2D eigenvalue weighted by atomic mass is 10.2. The number of para-hydroxylation sites is 1. The molecule has 3 aromatic carbocycles. The molecule has 3 amide bonds. The van der Waals surface area contributed by atoms with Crippen LogP contribution < -0.4 is 25.5 Å². The predicted octanol–water partition coefficient (Wildman–Crippen LogP) is 4.89. The summed E-state index contributed by atoms with van der Waals surface area (Å²) in [5, 5.41) is 9.45. The van der Waals surface area contributed by atoms with Crippen LogP contribution in [0.2, 0.25) is 10.0 Å². The third-order valence-electron chi connectivity index (χ3n) is 4.66. The molecule has 0 fully saturated rings. The van der Waals surface area contributed by atoms with Crippen LogP contribution in [0.1, 0.15) is 18.9 Å². The number of carbonyl (C=O) groups excluding carboxylic acids is 3. The Hall–Kier alpha value is -4.08. The first kappa shape index (κ1) is 27.5. The van der Waals surface area contributed by atoms with Crippen LogP contribution in [-0.2, 0) is 14.4 Å². The number of rotatable bonds is 10. The van der Waals surface area contributed by atoms with E-state index in [1.807, 2.05) is 6.92 Å². The van der Waals surface area contributed by atoms with E-state index < -0.39 is 17.7 Å². The van der Waals surface area contributed by atoms with E-state index in [1.54, 1.807) is 66.7 Å². The van der Waals surface area contributed by atoms with Gasteiger partial charge in [-0.1, -0.05) is 48.3 Å². The number of hydrazone groups is 1. The summed E-state index contributed by atoms with van der Waals surface area (Å²) in [6.07, 6.45) is 2.18. The van der Waals surface area contributed by atoms with Gasteiger partial charge in [-0.2, -0.15) is 5.10 Å². The number of hydrogen-bond acceptors (Lipinski definition) is 6. The molecule has 0 atom stereocenters. The fraction of sp³-hybridized carbons (Fsp3) is 0.154. The monoisotopic (exact) mass is 542 g/mol. The number of anilines is 2. The highest BCUT2D eigenvalue weighted by Crippen LogP contribution is 2.29. The van der Waals surface area contributed by atoms with Gasteiger partial charge in [0.2, 0.25) is 0 Å². The Labute approximate surface area is 223 Å². The molecule has 0 aliphatic heterocycles. The molecular formula is C26H24Cl2N4O5. The second-order valence-corrected chi connectivity index (χ2v) is 8.29. The maximum Gasteiger partial charge on any atom is 0.329 e. The molecule has 11 heteroatoms. The number of benzene rings is 3. The molecule has 0 aliphatic rings. The number of carbonyl (C=O) groups is 3. The molecule has 0 unspecified atom stereocenters. The molecule has 0 aromatic heterocycles. The number of nitrogens with one attached hydrogen (secondary N) is 3. The number of halogens is 2. The highest BCUT2D eigenvalue weighted by molar-refractivity contribution is 6.44. The van der Waals surface area contributed by atoms with Gasteiger partial charge in [0.05, 0.1) is 28.6 Å². The van der Waals surface area contributed by atoms with Crippen molar-refractivity contribution >= 4 is 58.5 Å². The van der Waals surface area contributed by atoms with Crippen LogP contribution in [0.25, 0.3) is 0 Å². The highest BCUT2D eigenvalue weighted by Gasteiger charge is 2.13. The zero-order valence-electron chi connectivity index (χ0n) is 19.8. The van der Waals surface area contributed by atoms with Crippen molar-refractivity contribution in [2.75, 3.05) is 23.8 Å². The van der Waals surface area contributed by atoms with Crippen LogP contribution in [0.4, 0.5) is 11.4 Å². The fourth-order valence-corrected chi connectivity index (χ4v) is 3.25. The van der Waals surface area contributed by atoms with E-state index in [-0.39, 0.29) is 11.6 Å². The Balaban J connectivity index is 1.51. The van der Waals surface area contributed by atoms with Crippen molar-refractivity contribution in [2.24, 2.45) is 5.10 Å². The molecule has 3 rings (SSSR count). The van der Waals surface area contributed by atoms with Gasteiger partial charge < -0.3 is 20.1 Å². The first-order valence-electron chi connectivity index (χ1n) is 11.2. The zero-order valence-corrected chi connectivity index (χ0v) is 21.3. The number of ether oxygens (including phenoxy) is 2. The summed E-state index contributed by atoms with van der Waals surface area (Å²) >= 11 is 12.0. The summed E-state index contributed by atoms with van der Waals surface area (Å²) in [5.74, 6) is -1.30. The normalized spacial score (nSPS) is 10.6. The molecule has 3 N–H and O–H groups in total. The smallest absolute Gasteiger partial charge is 0.329 e. The van der Waals surface area contributed by atoms with Crippen LogP contribution in [0, 0.1) is 0 Å². The Morgan fingerprint density at radius 1 is 0.892 bits per heavy atom. The third-order valence-corrected chi connectivity index (χ3v) is 5.48. The second-order valence-electron chi connectivity index (χ2n) is 7.50. The third kappa shape index (κ3) is 8.52. The van der Waals surface area contributed by atoms with Gasteiger partial charge >= 0.3 is 11.8 Å². The lowest BCUT2D eigenvalue weighted by Gasteiger charge is -2.11. The first-order chi connectivity index (χ1) is 17.9. The van der Waals surface area contributed by atoms with Gasteiger partial charge in [0.25, 0.3) is 5.91 Å². The minimum atomic E-state index is -0.960. The van der Waals surface area contributed by atoms with E-state index in [2.05, 4.69) is 21.2 Å². The lowest BCUT2D eigenvalue weighted by Crippen LogP contribution is -2.32. The Bertz CT molecular complexity index is 1280. The maximum absolute atomic E-state index is 12.3. The van der Waals surface area contributed by atoms with Gasteiger partial charge in [-0.3, -0.25) is 14.4 Å². The SMILES string of the molecule is CCCOc1ccc(NC(=O)C(=O)N/N=C\c2ccccc2OCC(=O)Nc2cccc(Cl)c2Cl)cc1. The van der Waals surface area contributed by atoms with E-state index in [9.17, 15) is 14.4 Å². The molecule has 192 valence electrons. The molecule has 0 saturated carbocycles. The molecule has 0 heterocycles. The molecule has 37 heavy (non-hydrogen) atoms. The van der Waals surface area contributed by atoms with Gasteiger partial charge in [0.15, 0.2) is 6.61 Å². The fourth-order valence-electron chi connectivity index (χ4n) is 2.90. The number of nitrogens with zero attached hydrogens (tertiary/aromatic N) is 1.